The molecule has 0 saturated carbocycles. The predicted octanol–water partition coefficient (Wildman–Crippen LogP) is 8.10. The maximum Gasteiger partial charge on any atom is 0.193 e. The number of hydrogen-bond donors (Lipinski definition) is 0. The number of benzene rings is 2. The van der Waals surface area contributed by atoms with Crippen LogP contribution in [0.25, 0.3) is 22.4 Å². The lowest BCUT2D eigenvalue weighted by Gasteiger charge is -2.39. The zero-order chi connectivity index (χ0) is 22.4. The molecule has 3 aromatic rings. The second-order valence-corrected chi connectivity index (χ2v) is 15.0. The maximum atomic E-state index is 7.13. The Hall–Kier alpha value is -2.23. The fourth-order valence-corrected chi connectivity index (χ4v) is 5.54. The van der Waals surface area contributed by atoms with Crippen molar-refractivity contribution in [2.75, 3.05) is 0 Å². The number of pyridine rings is 1. The van der Waals surface area contributed by atoms with E-state index in [1.54, 1.807) is 0 Å². The second kappa shape index (κ2) is 8.03. The SMILES string of the molecule is CCCc1nc2c(c(-c3ccccc3)c1C)C(O[Si](C)(C)C(C)(C)C)c1ccccc1-2. The van der Waals surface area contributed by atoms with Crippen molar-refractivity contribution < 1.29 is 4.43 Å². The average Bonchev–Trinajstić information content (AvgIpc) is 3.01. The molecular weight excluding hydrogens is 394 g/mol. The summed E-state index contributed by atoms with van der Waals surface area (Å²) in [5.41, 5.74) is 9.95. The molecule has 2 aromatic carbocycles. The van der Waals surface area contributed by atoms with Crippen molar-refractivity contribution >= 4 is 8.32 Å². The Morgan fingerprint density at radius 2 is 1.61 bits per heavy atom. The highest BCUT2D eigenvalue weighted by Gasteiger charge is 2.43. The van der Waals surface area contributed by atoms with Crippen LogP contribution in [0.4, 0.5) is 0 Å². The Morgan fingerprint density at radius 3 is 2.26 bits per heavy atom. The summed E-state index contributed by atoms with van der Waals surface area (Å²) in [6.07, 6.45) is 2.02. The van der Waals surface area contributed by atoms with Gasteiger partial charge in [0.1, 0.15) is 0 Å². The van der Waals surface area contributed by atoms with Crippen molar-refractivity contribution in [3.05, 3.63) is 77.0 Å². The minimum absolute atomic E-state index is 0.0656. The summed E-state index contributed by atoms with van der Waals surface area (Å²) in [5.74, 6) is 0. The highest BCUT2D eigenvalue weighted by atomic mass is 28.4. The molecule has 4 rings (SSSR count). The van der Waals surface area contributed by atoms with E-state index in [-0.39, 0.29) is 11.1 Å². The second-order valence-electron chi connectivity index (χ2n) is 10.3. The van der Waals surface area contributed by atoms with Gasteiger partial charge in [-0.2, -0.15) is 0 Å². The summed E-state index contributed by atoms with van der Waals surface area (Å²) < 4.78 is 7.13. The summed E-state index contributed by atoms with van der Waals surface area (Å²) in [7, 11) is -2.00. The van der Waals surface area contributed by atoms with Crippen LogP contribution in [-0.4, -0.2) is 13.3 Å². The molecule has 1 aliphatic rings. The molecule has 0 spiro atoms. The Balaban J connectivity index is 2.01. The van der Waals surface area contributed by atoms with Crippen LogP contribution in [0.2, 0.25) is 18.1 Å². The highest BCUT2D eigenvalue weighted by Crippen LogP contribution is 2.52. The van der Waals surface area contributed by atoms with Crippen molar-refractivity contribution in [1.29, 1.82) is 0 Å². The molecule has 0 saturated heterocycles. The van der Waals surface area contributed by atoms with Gasteiger partial charge in [0.05, 0.1) is 11.8 Å². The van der Waals surface area contributed by atoms with Crippen molar-refractivity contribution in [3.63, 3.8) is 0 Å². The molecule has 0 bridgehead atoms. The first kappa shape index (κ1) is 22.0. The molecule has 1 unspecified atom stereocenters. The Kier molecular flexibility index (Phi) is 5.69. The Labute approximate surface area is 188 Å². The third-order valence-corrected chi connectivity index (χ3v) is 11.5. The van der Waals surface area contributed by atoms with Gasteiger partial charge in [0.25, 0.3) is 0 Å². The number of aryl methyl sites for hydroxylation is 1. The van der Waals surface area contributed by atoms with E-state index < -0.39 is 8.32 Å². The quantitative estimate of drug-likeness (QED) is 0.382. The fraction of sp³-hybridized carbons (Fsp3) is 0.393. The molecule has 31 heavy (non-hydrogen) atoms. The number of aromatic nitrogens is 1. The molecule has 0 N–H and O–H groups in total. The smallest absolute Gasteiger partial charge is 0.193 e. The van der Waals surface area contributed by atoms with E-state index in [4.69, 9.17) is 9.41 Å². The van der Waals surface area contributed by atoms with E-state index in [0.717, 1.165) is 18.5 Å². The number of nitrogens with zero attached hydrogens (tertiary/aromatic N) is 1. The van der Waals surface area contributed by atoms with Crippen LogP contribution in [-0.2, 0) is 10.8 Å². The first-order chi connectivity index (χ1) is 14.7. The third-order valence-electron chi connectivity index (χ3n) is 7.11. The monoisotopic (exact) mass is 429 g/mol. The van der Waals surface area contributed by atoms with E-state index in [2.05, 4.69) is 102 Å². The lowest BCUT2D eigenvalue weighted by molar-refractivity contribution is 0.226. The highest BCUT2D eigenvalue weighted by molar-refractivity contribution is 6.74. The van der Waals surface area contributed by atoms with Gasteiger partial charge in [-0.1, -0.05) is 88.7 Å². The molecule has 1 heterocycles. The molecule has 162 valence electrons. The summed E-state index contributed by atoms with van der Waals surface area (Å²) in [5, 5.41) is 0.141. The van der Waals surface area contributed by atoms with Gasteiger partial charge in [0.15, 0.2) is 8.32 Å². The topological polar surface area (TPSA) is 22.1 Å². The van der Waals surface area contributed by atoms with Gasteiger partial charge in [0, 0.05) is 16.8 Å². The van der Waals surface area contributed by atoms with Gasteiger partial charge in [-0.3, -0.25) is 4.98 Å². The van der Waals surface area contributed by atoms with Crippen molar-refractivity contribution in [3.8, 4) is 22.4 Å². The minimum atomic E-state index is -2.00. The van der Waals surface area contributed by atoms with Crippen LogP contribution < -0.4 is 0 Å². The average molecular weight is 430 g/mol. The normalized spacial score (nSPS) is 15.6. The lowest BCUT2D eigenvalue weighted by atomic mass is 9.91. The standard InChI is InChI=1S/C28H35NOSi/c1-8-14-23-19(2)24(20-15-10-9-11-16-20)25-26(29-23)21-17-12-13-18-22(21)27(25)30-31(6,7)28(3,4)5/h9-13,15-18,27H,8,14H2,1-7H3. The zero-order valence-corrected chi connectivity index (χ0v) is 21.0. The fourth-order valence-electron chi connectivity index (χ4n) is 4.35. The van der Waals surface area contributed by atoms with Gasteiger partial charge in [-0.15, -0.1) is 0 Å². The molecule has 0 fully saturated rings. The van der Waals surface area contributed by atoms with Gasteiger partial charge in [-0.25, -0.2) is 0 Å². The Bertz CT molecular complexity index is 1100. The summed E-state index contributed by atoms with van der Waals surface area (Å²) in [6.45, 7) is 16.1. The van der Waals surface area contributed by atoms with Gasteiger partial charge in [0.2, 0.25) is 0 Å². The Morgan fingerprint density at radius 1 is 0.968 bits per heavy atom. The van der Waals surface area contributed by atoms with Crippen LogP contribution >= 0.6 is 0 Å². The first-order valence-electron chi connectivity index (χ1n) is 11.5. The van der Waals surface area contributed by atoms with E-state index in [1.165, 1.54) is 39.1 Å². The van der Waals surface area contributed by atoms with Crippen LogP contribution in [0, 0.1) is 6.92 Å². The van der Waals surface area contributed by atoms with Crippen LogP contribution in [0.5, 0.6) is 0 Å². The molecular formula is C28H35NOSi. The zero-order valence-electron chi connectivity index (χ0n) is 20.0. The van der Waals surface area contributed by atoms with E-state index in [0.29, 0.717) is 0 Å². The first-order valence-corrected chi connectivity index (χ1v) is 14.4. The van der Waals surface area contributed by atoms with Crippen molar-refractivity contribution in [2.24, 2.45) is 0 Å². The van der Waals surface area contributed by atoms with E-state index >= 15 is 0 Å². The molecule has 0 radical (unpaired) electrons. The largest absolute Gasteiger partial charge is 0.406 e. The molecule has 1 aliphatic carbocycles. The maximum absolute atomic E-state index is 7.13. The molecule has 1 atom stereocenters. The van der Waals surface area contributed by atoms with E-state index in [9.17, 15) is 0 Å². The molecule has 2 nitrogen and oxygen atoms in total. The lowest BCUT2D eigenvalue weighted by Crippen LogP contribution is -2.41. The molecule has 0 amide bonds. The van der Waals surface area contributed by atoms with Crippen LogP contribution in [0.1, 0.15) is 62.6 Å². The van der Waals surface area contributed by atoms with Crippen LogP contribution in [0.3, 0.4) is 0 Å². The number of fused-ring (bicyclic) bond motifs is 3. The minimum Gasteiger partial charge on any atom is -0.406 e. The van der Waals surface area contributed by atoms with Gasteiger partial charge < -0.3 is 4.43 Å². The summed E-state index contributed by atoms with van der Waals surface area (Å²) >= 11 is 0. The van der Waals surface area contributed by atoms with Crippen molar-refractivity contribution in [2.45, 2.75) is 71.7 Å². The van der Waals surface area contributed by atoms with E-state index in [1.807, 2.05) is 0 Å². The summed E-state index contributed by atoms with van der Waals surface area (Å²) in [4.78, 5) is 5.25. The van der Waals surface area contributed by atoms with Crippen molar-refractivity contribution in [1.82, 2.24) is 4.98 Å². The number of hydrogen-bond acceptors (Lipinski definition) is 2. The molecule has 0 aliphatic heterocycles. The van der Waals surface area contributed by atoms with Gasteiger partial charge in [-0.05, 0) is 53.7 Å². The predicted molar refractivity (Wildman–Crippen MR) is 134 cm³/mol. The van der Waals surface area contributed by atoms with Crippen LogP contribution in [0.15, 0.2) is 54.6 Å². The summed E-state index contributed by atoms with van der Waals surface area (Å²) in [6, 6.07) is 19.5. The number of rotatable bonds is 5. The van der Waals surface area contributed by atoms with Gasteiger partial charge >= 0.3 is 0 Å². The molecule has 3 heteroatoms. The third kappa shape index (κ3) is 3.79. The molecule has 1 aromatic heterocycles.